The van der Waals surface area contributed by atoms with Crippen molar-refractivity contribution in [1.29, 1.82) is 0 Å². The molecule has 2 bridgehead atoms. The number of amides is 1. The number of hydrogen-bond acceptors (Lipinski definition) is 2. The van der Waals surface area contributed by atoms with Gasteiger partial charge in [-0.3, -0.25) is 9.00 Å². The van der Waals surface area contributed by atoms with Crippen LogP contribution in [0.2, 0.25) is 0 Å². The van der Waals surface area contributed by atoms with Gasteiger partial charge in [0.2, 0.25) is 0 Å². The SMILES string of the molecule is CN(C)C(=O)c1ccc(C2=CC3CCCC(C2)S3=O)cc1. The molecule has 4 heteroatoms. The normalized spacial score (nSPS) is 27.9. The largest absolute Gasteiger partial charge is 0.345 e. The van der Waals surface area contributed by atoms with E-state index in [4.69, 9.17) is 0 Å². The van der Waals surface area contributed by atoms with Crippen LogP contribution in [0.1, 0.15) is 41.6 Å². The Labute approximate surface area is 128 Å². The molecule has 1 aromatic rings. The van der Waals surface area contributed by atoms with Crippen LogP contribution in [0.15, 0.2) is 30.3 Å². The Hall–Kier alpha value is -1.42. The first-order chi connectivity index (χ1) is 10.1. The third-order valence-corrected chi connectivity index (χ3v) is 6.41. The van der Waals surface area contributed by atoms with Gasteiger partial charge in [-0.1, -0.05) is 24.6 Å². The molecule has 3 unspecified atom stereocenters. The molecule has 2 heterocycles. The molecule has 21 heavy (non-hydrogen) atoms. The molecule has 0 aromatic heterocycles. The predicted molar refractivity (Wildman–Crippen MR) is 86.6 cm³/mol. The van der Waals surface area contributed by atoms with E-state index in [9.17, 15) is 9.00 Å². The van der Waals surface area contributed by atoms with Gasteiger partial charge in [0.15, 0.2) is 0 Å². The Morgan fingerprint density at radius 2 is 1.90 bits per heavy atom. The van der Waals surface area contributed by atoms with Gasteiger partial charge in [-0.2, -0.15) is 0 Å². The van der Waals surface area contributed by atoms with Crippen LogP contribution in [0, 0.1) is 0 Å². The maximum atomic E-state index is 12.2. The lowest BCUT2D eigenvalue weighted by Crippen LogP contribution is -2.33. The molecule has 1 fully saturated rings. The molecule has 112 valence electrons. The van der Waals surface area contributed by atoms with Gasteiger partial charge in [0.25, 0.3) is 5.91 Å². The standard InChI is InChI=1S/C17H21NO2S/c1-18(2)17(19)13-8-6-12(7-9-13)14-10-15-4-3-5-16(11-14)21(15)20/h6-10,15-16H,3-5,11H2,1-2H3. The maximum absolute atomic E-state index is 12.2. The summed E-state index contributed by atoms with van der Waals surface area (Å²) in [6.07, 6.45) is 6.43. The van der Waals surface area contributed by atoms with Crippen LogP contribution in [0.3, 0.4) is 0 Å². The Bertz CT molecular complexity index is 604. The molecule has 3 atom stereocenters. The van der Waals surface area contributed by atoms with Crippen molar-refractivity contribution in [2.45, 2.75) is 36.2 Å². The topological polar surface area (TPSA) is 37.4 Å². The van der Waals surface area contributed by atoms with Crippen LogP contribution in [0.4, 0.5) is 0 Å². The van der Waals surface area contributed by atoms with E-state index in [-0.39, 0.29) is 11.2 Å². The lowest BCUT2D eigenvalue weighted by Gasteiger charge is -2.32. The Morgan fingerprint density at radius 3 is 2.52 bits per heavy atom. The number of hydrogen-bond donors (Lipinski definition) is 0. The zero-order chi connectivity index (χ0) is 15.0. The molecular weight excluding hydrogens is 282 g/mol. The van der Waals surface area contributed by atoms with Crippen molar-refractivity contribution < 1.29 is 9.00 Å². The van der Waals surface area contributed by atoms with E-state index in [0.717, 1.165) is 19.3 Å². The molecule has 2 aliphatic rings. The van der Waals surface area contributed by atoms with E-state index < -0.39 is 10.8 Å². The minimum Gasteiger partial charge on any atom is -0.345 e. The van der Waals surface area contributed by atoms with Crippen LogP contribution in [0.5, 0.6) is 0 Å². The molecule has 2 aliphatic heterocycles. The second-order valence-electron chi connectivity index (χ2n) is 6.09. The monoisotopic (exact) mass is 303 g/mol. The first kappa shape index (κ1) is 14.5. The molecule has 3 rings (SSSR count). The van der Waals surface area contributed by atoms with Crippen LogP contribution in [-0.2, 0) is 10.8 Å². The van der Waals surface area contributed by atoms with Gasteiger partial charge < -0.3 is 4.90 Å². The van der Waals surface area contributed by atoms with Crippen LogP contribution in [0.25, 0.3) is 5.57 Å². The quantitative estimate of drug-likeness (QED) is 0.842. The van der Waals surface area contributed by atoms with Crippen molar-refractivity contribution in [2.75, 3.05) is 14.1 Å². The summed E-state index contributed by atoms with van der Waals surface area (Å²) in [5, 5.41) is 0.558. The molecule has 0 radical (unpaired) electrons. The number of allylic oxidation sites excluding steroid dienone is 1. The minimum absolute atomic E-state index is 0.0251. The minimum atomic E-state index is -0.686. The first-order valence-electron chi connectivity index (χ1n) is 7.48. The van der Waals surface area contributed by atoms with Crippen LogP contribution < -0.4 is 0 Å². The molecule has 0 N–H and O–H groups in total. The predicted octanol–water partition coefficient (Wildman–Crippen LogP) is 2.85. The van der Waals surface area contributed by atoms with Crippen molar-refractivity contribution in [1.82, 2.24) is 4.90 Å². The third-order valence-electron chi connectivity index (χ3n) is 4.39. The summed E-state index contributed by atoms with van der Waals surface area (Å²) in [6, 6.07) is 7.82. The van der Waals surface area contributed by atoms with E-state index in [0.29, 0.717) is 10.8 Å². The molecule has 1 aromatic carbocycles. The second kappa shape index (κ2) is 5.76. The number of fused-ring (bicyclic) bond motifs is 2. The Balaban J connectivity index is 1.85. The zero-order valence-corrected chi connectivity index (χ0v) is 13.4. The zero-order valence-electron chi connectivity index (χ0n) is 12.5. The highest BCUT2D eigenvalue weighted by Crippen LogP contribution is 2.36. The number of benzene rings is 1. The van der Waals surface area contributed by atoms with Crippen LogP contribution >= 0.6 is 0 Å². The summed E-state index contributed by atoms with van der Waals surface area (Å²) in [6.45, 7) is 0. The fourth-order valence-electron chi connectivity index (χ4n) is 3.20. The summed E-state index contributed by atoms with van der Waals surface area (Å²) in [7, 11) is 2.84. The van der Waals surface area contributed by atoms with Gasteiger partial charge in [0.05, 0.1) is 5.25 Å². The summed E-state index contributed by atoms with van der Waals surface area (Å²) in [4.78, 5) is 13.5. The highest BCUT2D eigenvalue weighted by molar-refractivity contribution is 7.86. The number of carbonyl (C=O) groups excluding carboxylic acids is 1. The summed E-state index contributed by atoms with van der Waals surface area (Å²) in [5.41, 5.74) is 3.18. The van der Waals surface area contributed by atoms with E-state index >= 15 is 0 Å². The van der Waals surface area contributed by atoms with Crippen molar-refractivity contribution in [2.24, 2.45) is 0 Å². The fraction of sp³-hybridized carbons (Fsp3) is 0.471. The van der Waals surface area contributed by atoms with E-state index in [2.05, 4.69) is 6.08 Å². The average molecular weight is 303 g/mol. The molecule has 0 saturated carbocycles. The molecular formula is C17H21NO2S. The van der Waals surface area contributed by atoms with Crippen LogP contribution in [-0.4, -0.2) is 39.6 Å². The van der Waals surface area contributed by atoms with Crippen molar-refractivity contribution in [3.05, 3.63) is 41.5 Å². The van der Waals surface area contributed by atoms with E-state index in [1.807, 2.05) is 24.3 Å². The maximum Gasteiger partial charge on any atom is 0.253 e. The van der Waals surface area contributed by atoms with Gasteiger partial charge in [-0.15, -0.1) is 0 Å². The lowest BCUT2D eigenvalue weighted by molar-refractivity contribution is 0.0827. The highest BCUT2D eigenvalue weighted by Gasteiger charge is 2.33. The highest BCUT2D eigenvalue weighted by atomic mass is 32.2. The van der Waals surface area contributed by atoms with E-state index in [1.165, 1.54) is 17.6 Å². The summed E-state index contributed by atoms with van der Waals surface area (Å²) >= 11 is 0. The molecule has 3 nitrogen and oxygen atoms in total. The van der Waals surface area contributed by atoms with Crippen molar-refractivity contribution in [3.63, 3.8) is 0 Å². The third kappa shape index (κ3) is 2.82. The fourth-order valence-corrected chi connectivity index (χ4v) is 5.13. The Kier molecular flexibility index (Phi) is 3.98. The van der Waals surface area contributed by atoms with Gasteiger partial charge in [-0.25, -0.2) is 0 Å². The van der Waals surface area contributed by atoms with Gasteiger partial charge in [0, 0.05) is 35.7 Å². The molecule has 1 amide bonds. The smallest absolute Gasteiger partial charge is 0.253 e. The summed E-state index contributed by atoms with van der Waals surface area (Å²) in [5.74, 6) is 0.0251. The first-order valence-corrected chi connectivity index (χ1v) is 8.76. The average Bonchev–Trinajstić information content (AvgIpc) is 2.46. The van der Waals surface area contributed by atoms with E-state index in [1.54, 1.807) is 19.0 Å². The van der Waals surface area contributed by atoms with Crippen molar-refractivity contribution in [3.8, 4) is 0 Å². The van der Waals surface area contributed by atoms with Crippen molar-refractivity contribution >= 4 is 22.3 Å². The Morgan fingerprint density at radius 1 is 1.19 bits per heavy atom. The number of rotatable bonds is 2. The second-order valence-corrected chi connectivity index (χ2v) is 8.02. The van der Waals surface area contributed by atoms with Gasteiger partial charge >= 0.3 is 0 Å². The molecule has 1 saturated heterocycles. The van der Waals surface area contributed by atoms with Gasteiger partial charge in [0.1, 0.15) is 0 Å². The lowest BCUT2D eigenvalue weighted by atomic mass is 9.93. The molecule has 0 spiro atoms. The molecule has 0 aliphatic carbocycles. The summed E-state index contributed by atoms with van der Waals surface area (Å²) < 4.78 is 12.2. The number of nitrogens with zero attached hydrogens (tertiary/aromatic N) is 1. The van der Waals surface area contributed by atoms with Gasteiger partial charge in [-0.05, 0) is 42.5 Å². The number of carbonyl (C=O) groups is 1.